The van der Waals surface area contributed by atoms with Crippen LogP contribution < -0.4 is 9.80 Å². The molecule has 0 amide bonds. The lowest BCUT2D eigenvalue weighted by Gasteiger charge is -2.26. The highest BCUT2D eigenvalue weighted by atomic mass is 32.2. The van der Waals surface area contributed by atoms with Gasteiger partial charge in [-0.2, -0.15) is 4.98 Å². The zero-order valence-corrected chi connectivity index (χ0v) is 18.1. The quantitative estimate of drug-likeness (QED) is 0.631. The van der Waals surface area contributed by atoms with Gasteiger partial charge in [-0.3, -0.25) is 8.78 Å². The summed E-state index contributed by atoms with van der Waals surface area (Å²) in [5, 5.41) is 0. The van der Waals surface area contributed by atoms with E-state index in [0.717, 1.165) is 55.0 Å². The summed E-state index contributed by atoms with van der Waals surface area (Å²) < 4.78 is 14.4. The fourth-order valence-corrected chi connectivity index (χ4v) is 6.96. The van der Waals surface area contributed by atoms with Crippen LogP contribution >= 0.6 is 0 Å². The van der Waals surface area contributed by atoms with Crippen LogP contribution in [0.2, 0.25) is 0 Å². The van der Waals surface area contributed by atoms with E-state index < -0.39 is 10.8 Å². The van der Waals surface area contributed by atoms with Crippen molar-refractivity contribution in [3.8, 4) is 5.82 Å². The summed E-state index contributed by atoms with van der Waals surface area (Å²) in [5.74, 6) is 3.41. The van der Waals surface area contributed by atoms with Crippen molar-refractivity contribution in [2.45, 2.75) is 24.2 Å². The zero-order chi connectivity index (χ0) is 20.5. The van der Waals surface area contributed by atoms with Crippen LogP contribution in [0.3, 0.4) is 0 Å². The monoisotopic (exact) mass is 432 g/mol. The number of fused-ring (bicyclic) bond motifs is 3. The predicted octanol–water partition coefficient (Wildman–Crippen LogP) is 2.00. The van der Waals surface area contributed by atoms with E-state index in [1.807, 2.05) is 10.8 Å². The molecule has 0 N–H and O–H groups in total. The van der Waals surface area contributed by atoms with E-state index in [4.69, 9.17) is 9.97 Å². The molecule has 158 valence electrons. The number of imidazole rings is 1. The Bertz CT molecular complexity index is 1200. The molecule has 5 heterocycles. The van der Waals surface area contributed by atoms with E-state index in [9.17, 15) is 4.21 Å². The molecule has 0 unspecified atom stereocenters. The summed E-state index contributed by atoms with van der Waals surface area (Å²) in [6.45, 7) is 4.17. The van der Waals surface area contributed by atoms with Gasteiger partial charge in [-0.15, -0.1) is 0 Å². The van der Waals surface area contributed by atoms with Gasteiger partial charge in [-0.05, 0) is 36.1 Å². The second-order valence-electron chi connectivity index (χ2n) is 9.18. The van der Waals surface area contributed by atoms with E-state index in [-0.39, 0.29) is 0 Å². The second kappa shape index (κ2) is 6.63. The number of aryl methyl sites for hydroxylation is 3. The molecule has 4 aliphatic rings. The van der Waals surface area contributed by atoms with Gasteiger partial charge in [0.15, 0.2) is 5.82 Å². The molecule has 2 aromatic heterocycles. The van der Waals surface area contributed by atoms with Gasteiger partial charge in [0.05, 0.1) is 16.5 Å². The van der Waals surface area contributed by atoms with Crippen molar-refractivity contribution in [1.29, 1.82) is 0 Å². The maximum absolute atomic E-state index is 12.6. The van der Waals surface area contributed by atoms with Gasteiger partial charge in [-0.1, -0.05) is 6.07 Å². The third-order valence-corrected chi connectivity index (χ3v) is 8.84. The summed E-state index contributed by atoms with van der Waals surface area (Å²) in [7, 11) is -1.03. The molecule has 1 aromatic carbocycles. The fraction of sp³-hybridized carbons (Fsp3) is 0.435. The molecule has 3 aliphatic heterocycles. The maximum atomic E-state index is 12.6. The average molecular weight is 433 g/mol. The molecule has 7 rings (SSSR count). The first-order valence-electron chi connectivity index (χ1n) is 11.1. The zero-order valence-electron chi connectivity index (χ0n) is 17.3. The van der Waals surface area contributed by atoms with Gasteiger partial charge in [0, 0.05) is 68.3 Å². The van der Waals surface area contributed by atoms with Crippen LogP contribution in [0.15, 0.2) is 41.8 Å². The SMILES string of the molecule is O=[S@]1CCc2nc(N3C[C@H]4CN(c5ccc6c(c5)CC6)C[C@H]4C3)nc(-n3ccnc3)c21. The van der Waals surface area contributed by atoms with Gasteiger partial charge in [0.2, 0.25) is 5.95 Å². The lowest BCUT2D eigenvalue weighted by atomic mass is 9.88. The molecule has 2 saturated heterocycles. The van der Waals surface area contributed by atoms with Crippen molar-refractivity contribution in [1.82, 2.24) is 19.5 Å². The summed E-state index contributed by atoms with van der Waals surface area (Å²) in [6.07, 6.45) is 8.56. The van der Waals surface area contributed by atoms with Crippen molar-refractivity contribution in [3.63, 3.8) is 0 Å². The number of hydrogen-bond acceptors (Lipinski definition) is 6. The number of rotatable bonds is 3. The fourth-order valence-electron chi connectivity index (χ4n) is 5.61. The Morgan fingerprint density at radius 1 is 0.935 bits per heavy atom. The Kier molecular flexibility index (Phi) is 3.82. The van der Waals surface area contributed by atoms with Crippen LogP contribution in [0.1, 0.15) is 16.8 Å². The third-order valence-electron chi connectivity index (χ3n) is 7.39. The number of nitrogens with zero attached hydrogens (tertiary/aromatic N) is 6. The molecule has 1 aliphatic carbocycles. The highest BCUT2D eigenvalue weighted by Gasteiger charge is 2.41. The van der Waals surface area contributed by atoms with Crippen LogP contribution in [-0.4, -0.2) is 55.7 Å². The molecule has 0 bridgehead atoms. The van der Waals surface area contributed by atoms with Gasteiger partial charge < -0.3 is 9.80 Å². The number of benzene rings is 1. The van der Waals surface area contributed by atoms with Crippen LogP contribution in [-0.2, 0) is 30.1 Å². The lowest BCUT2D eigenvalue weighted by molar-refractivity contribution is 0.533. The van der Waals surface area contributed by atoms with Gasteiger partial charge >= 0.3 is 0 Å². The first-order valence-corrected chi connectivity index (χ1v) is 12.4. The van der Waals surface area contributed by atoms with Crippen molar-refractivity contribution in [2.24, 2.45) is 11.8 Å². The van der Waals surface area contributed by atoms with Gasteiger partial charge in [0.1, 0.15) is 11.2 Å². The molecule has 0 radical (unpaired) electrons. The largest absolute Gasteiger partial charge is 0.371 e. The standard InChI is InChI=1S/C23H24N6OS/c30-31-8-5-20-21(31)22(27-7-6-24-14-27)26-23(25-20)29-12-17-10-28(11-18(17)13-29)19-4-3-15-1-2-16(15)9-19/h3-4,6-7,9,14,17-18H,1-2,5,8,10-13H2/t17-,18+,31-/m0/s1. The van der Waals surface area contributed by atoms with E-state index in [2.05, 4.69) is 33.0 Å². The summed E-state index contributed by atoms with van der Waals surface area (Å²) >= 11 is 0. The van der Waals surface area contributed by atoms with Gasteiger partial charge in [-0.25, -0.2) is 9.97 Å². The first-order chi connectivity index (χ1) is 15.2. The lowest BCUT2D eigenvalue weighted by Crippen LogP contribution is -2.30. The Morgan fingerprint density at radius 2 is 1.74 bits per heavy atom. The van der Waals surface area contributed by atoms with Crippen LogP contribution in [0.5, 0.6) is 0 Å². The number of aromatic nitrogens is 4. The molecular weight excluding hydrogens is 408 g/mol. The number of hydrogen-bond donors (Lipinski definition) is 0. The second-order valence-corrected chi connectivity index (χ2v) is 10.7. The minimum atomic E-state index is -1.03. The molecule has 3 atom stereocenters. The minimum Gasteiger partial charge on any atom is -0.371 e. The smallest absolute Gasteiger partial charge is 0.227 e. The summed E-state index contributed by atoms with van der Waals surface area (Å²) in [6, 6.07) is 7.02. The number of anilines is 2. The highest BCUT2D eigenvalue weighted by molar-refractivity contribution is 7.85. The molecule has 3 aromatic rings. The van der Waals surface area contributed by atoms with E-state index in [0.29, 0.717) is 17.6 Å². The Balaban J connectivity index is 1.15. The Hall–Kier alpha value is -2.74. The first kappa shape index (κ1) is 17.9. The molecule has 0 spiro atoms. The van der Waals surface area contributed by atoms with Crippen LogP contribution in [0.4, 0.5) is 11.6 Å². The van der Waals surface area contributed by atoms with Crippen molar-refractivity contribution in [2.75, 3.05) is 41.7 Å². The summed E-state index contributed by atoms with van der Waals surface area (Å²) in [4.78, 5) is 19.6. The Morgan fingerprint density at radius 3 is 2.45 bits per heavy atom. The van der Waals surface area contributed by atoms with Crippen molar-refractivity contribution >= 4 is 22.4 Å². The molecular formula is C23H24N6OS. The minimum absolute atomic E-state index is 0.633. The van der Waals surface area contributed by atoms with E-state index in [1.165, 1.54) is 29.7 Å². The molecule has 7 nitrogen and oxygen atoms in total. The highest BCUT2D eigenvalue weighted by Crippen LogP contribution is 2.38. The average Bonchev–Trinajstić information content (AvgIpc) is 3.52. The topological polar surface area (TPSA) is 67.2 Å². The molecule has 31 heavy (non-hydrogen) atoms. The molecule has 0 saturated carbocycles. The van der Waals surface area contributed by atoms with Crippen molar-refractivity contribution in [3.05, 3.63) is 53.7 Å². The van der Waals surface area contributed by atoms with E-state index >= 15 is 0 Å². The Labute approximate surface area is 183 Å². The van der Waals surface area contributed by atoms with Crippen molar-refractivity contribution < 1.29 is 4.21 Å². The molecule has 2 fully saturated rings. The van der Waals surface area contributed by atoms with Gasteiger partial charge in [0.25, 0.3) is 0 Å². The van der Waals surface area contributed by atoms with Crippen LogP contribution in [0.25, 0.3) is 5.82 Å². The third kappa shape index (κ3) is 2.77. The summed E-state index contributed by atoms with van der Waals surface area (Å²) in [5.41, 5.74) is 5.38. The maximum Gasteiger partial charge on any atom is 0.227 e. The van der Waals surface area contributed by atoms with Crippen LogP contribution in [0, 0.1) is 11.8 Å². The van der Waals surface area contributed by atoms with E-state index in [1.54, 1.807) is 12.5 Å². The normalized spacial score (nSPS) is 26.0. The predicted molar refractivity (Wildman–Crippen MR) is 119 cm³/mol. The molecule has 8 heteroatoms.